The molecule has 0 amide bonds. The van der Waals surface area contributed by atoms with Gasteiger partial charge in [0.2, 0.25) is 10.0 Å². The maximum atomic E-state index is 12.6. The molecule has 21 heavy (non-hydrogen) atoms. The first-order valence-corrected chi connectivity index (χ1v) is 9.41. The van der Waals surface area contributed by atoms with Crippen LogP contribution < -0.4 is 4.72 Å². The Kier molecular flexibility index (Phi) is 7.13. The fourth-order valence-corrected chi connectivity index (χ4v) is 4.91. The normalized spacial score (nSPS) is 24.8. The number of esters is 1. The molecule has 0 saturated heterocycles. The van der Waals surface area contributed by atoms with E-state index in [0.29, 0.717) is 18.8 Å². The number of hydrogen-bond donors (Lipinski definition) is 1. The summed E-state index contributed by atoms with van der Waals surface area (Å²) in [6, 6.07) is -0.0994. The molecule has 0 heterocycles. The van der Waals surface area contributed by atoms with Gasteiger partial charge in [-0.3, -0.25) is 4.79 Å². The Morgan fingerprint density at radius 1 is 1.19 bits per heavy atom. The van der Waals surface area contributed by atoms with E-state index < -0.39 is 27.2 Å². The van der Waals surface area contributed by atoms with Gasteiger partial charge in [0, 0.05) is 6.04 Å². The lowest BCUT2D eigenvalue weighted by molar-refractivity contribution is -0.146. The van der Waals surface area contributed by atoms with Crippen molar-refractivity contribution in [3.05, 3.63) is 0 Å². The maximum Gasteiger partial charge on any atom is 0.310 e. The second-order valence-electron chi connectivity index (χ2n) is 6.49. The molecule has 1 aliphatic carbocycles. The van der Waals surface area contributed by atoms with Gasteiger partial charge in [0.25, 0.3) is 0 Å². The Morgan fingerprint density at radius 2 is 1.81 bits per heavy atom. The predicted molar refractivity (Wildman–Crippen MR) is 83.4 cm³/mol. The van der Waals surface area contributed by atoms with E-state index in [1.54, 1.807) is 0 Å². The highest BCUT2D eigenvalue weighted by Gasteiger charge is 2.40. The van der Waals surface area contributed by atoms with Crippen LogP contribution in [0.3, 0.4) is 0 Å². The standard InChI is InChI=1S/C15H29NO4S/c1-11(2)9-10-12(3)16-21(18,19)14-8-6-5-7-13(14)15(17)20-4/h11-14,16H,5-10H2,1-4H3/t12-,13+,14-/m0/s1. The molecule has 1 aliphatic rings. The first-order valence-electron chi connectivity index (χ1n) is 7.87. The summed E-state index contributed by atoms with van der Waals surface area (Å²) in [6.45, 7) is 6.13. The third kappa shape index (κ3) is 5.58. The van der Waals surface area contributed by atoms with Crippen molar-refractivity contribution in [1.29, 1.82) is 0 Å². The number of sulfonamides is 1. The van der Waals surface area contributed by atoms with E-state index >= 15 is 0 Å². The third-order valence-corrected chi connectivity index (χ3v) is 6.24. The van der Waals surface area contributed by atoms with E-state index in [1.165, 1.54) is 7.11 Å². The number of nitrogens with one attached hydrogen (secondary N) is 1. The van der Waals surface area contributed by atoms with Gasteiger partial charge < -0.3 is 4.74 Å². The van der Waals surface area contributed by atoms with E-state index in [-0.39, 0.29) is 6.04 Å². The molecule has 0 aromatic heterocycles. The molecule has 0 aromatic carbocycles. The summed E-state index contributed by atoms with van der Waals surface area (Å²) in [5, 5.41) is -0.653. The van der Waals surface area contributed by atoms with E-state index in [4.69, 9.17) is 4.74 Å². The minimum Gasteiger partial charge on any atom is -0.469 e. The minimum atomic E-state index is -3.49. The van der Waals surface area contributed by atoms with Crippen LogP contribution in [0.1, 0.15) is 59.3 Å². The van der Waals surface area contributed by atoms with Crippen LogP contribution in [0.15, 0.2) is 0 Å². The Bertz CT molecular complexity index is 433. The van der Waals surface area contributed by atoms with Crippen LogP contribution in [0, 0.1) is 11.8 Å². The molecule has 124 valence electrons. The third-order valence-electron chi connectivity index (χ3n) is 4.15. The quantitative estimate of drug-likeness (QED) is 0.732. The zero-order valence-corrected chi connectivity index (χ0v) is 14.4. The molecular weight excluding hydrogens is 290 g/mol. The van der Waals surface area contributed by atoms with Gasteiger partial charge in [0.15, 0.2) is 0 Å². The van der Waals surface area contributed by atoms with Crippen molar-refractivity contribution in [1.82, 2.24) is 4.72 Å². The Labute approximate surface area is 128 Å². The van der Waals surface area contributed by atoms with Gasteiger partial charge in [-0.25, -0.2) is 13.1 Å². The summed E-state index contributed by atoms with van der Waals surface area (Å²) in [5.41, 5.74) is 0. The Morgan fingerprint density at radius 3 is 2.38 bits per heavy atom. The van der Waals surface area contributed by atoms with Crippen molar-refractivity contribution < 1.29 is 17.9 Å². The SMILES string of the molecule is COC(=O)[C@@H]1CCCC[C@@H]1S(=O)(=O)N[C@@H](C)CCC(C)C. The molecule has 1 rings (SSSR count). The van der Waals surface area contributed by atoms with Crippen molar-refractivity contribution in [2.75, 3.05) is 7.11 Å². The summed E-state index contributed by atoms with van der Waals surface area (Å²) >= 11 is 0. The fourth-order valence-electron chi connectivity index (χ4n) is 2.90. The van der Waals surface area contributed by atoms with Crippen molar-refractivity contribution in [3.63, 3.8) is 0 Å². The fraction of sp³-hybridized carbons (Fsp3) is 0.933. The van der Waals surface area contributed by atoms with Crippen LogP contribution in [0.2, 0.25) is 0 Å². The van der Waals surface area contributed by atoms with Crippen LogP contribution in [-0.4, -0.2) is 32.8 Å². The summed E-state index contributed by atoms with van der Waals surface area (Å²) in [4.78, 5) is 11.8. The van der Waals surface area contributed by atoms with E-state index in [9.17, 15) is 13.2 Å². The van der Waals surface area contributed by atoms with E-state index in [2.05, 4.69) is 18.6 Å². The predicted octanol–water partition coefficient (Wildman–Crippen LogP) is 2.46. The van der Waals surface area contributed by atoms with Crippen molar-refractivity contribution in [3.8, 4) is 0 Å². The van der Waals surface area contributed by atoms with Gasteiger partial charge in [-0.1, -0.05) is 26.7 Å². The van der Waals surface area contributed by atoms with Crippen LogP contribution in [-0.2, 0) is 19.6 Å². The highest BCUT2D eigenvalue weighted by atomic mass is 32.2. The topological polar surface area (TPSA) is 72.5 Å². The van der Waals surface area contributed by atoms with E-state index in [1.807, 2.05) is 6.92 Å². The second-order valence-corrected chi connectivity index (χ2v) is 8.42. The first-order chi connectivity index (χ1) is 9.77. The second kappa shape index (κ2) is 8.13. The molecule has 0 spiro atoms. The number of carbonyl (C=O) groups is 1. The average Bonchev–Trinajstić information content (AvgIpc) is 2.44. The Balaban J connectivity index is 2.72. The van der Waals surface area contributed by atoms with Crippen molar-refractivity contribution in [2.45, 2.75) is 70.6 Å². The summed E-state index contributed by atoms with van der Waals surface area (Å²) in [5.74, 6) is -0.382. The van der Waals surface area contributed by atoms with Gasteiger partial charge >= 0.3 is 5.97 Å². The molecule has 0 radical (unpaired) electrons. The van der Waals surface area contributed by atoms with Gasteiger partial charge in [-0.05, 0) is 38.5 Å². The summed E-state index contributed by atoms with van der Waals surface area (Å²) in [6.07, 6.45) is 4.65. The molecule has 0 aliphatic heterocycles. The minimum absolute atomic E-state index is 0.0994. The molecular formula is C15H29NO4S. The number of hydrogen-bond acceptors (Lipinski definition) is 4. The molecule has 1 saturated carbocycles. The summed E-state index contributed by atoms with van der Waals surface area (Å²) < 4.78 is 32.6. The molecule has 0 unspecified atom stereocenters. The average molecular weight is 319 g/mol. The van der Waals surface area contributed by atoms with Gasteiger partial charge in [0.05, 0.1) is 18.3 Å². The lowest BCUT2D eigenvalue weighted by Crippen LogP contribution is -2.46. The largest absolute Gasteiger partial charge is 0.469 e. The van der Waals surface area contributed by atoms with Crippen LogP contribution in [0.4, 0.5) is 0 Å². The molecule has 6 heteroatoms. The zero-order chi connectivity index (χ0) is 16.0. The number of rotatable bonds is 7. The van der Waals surface area contributed by atoms with Crippen LogP contribution >= 0.6 is 0 Å². The Hall–Kier alpha value is -0.620. The van der Waals surface area contributed by atoms with Gasteiger partial charge in [-0.2, -0.15) is 0 Å². The van der Waals surface area contributed by atoms with E-state index in [0.717, 1.165) is 25.7 Å². The highest BCUT2D eigenvalue weighted by Crippen LogP contribution is 2.30. The molecule has 0 bridgehead atoms. The first kappa shape index (κ1) is 18.4. The molecule has 0 aromatic rings. The van der Waals surface area contributed by atoms with Crippen molar-refractivity contribution in [2.24, 2.45) is 11.8 Å². The molecule has 1 N–H and O–H groups in total. The molecule has 3 atom stereocenters. The van der Waals surface area contributed by atoms with Crippen LogP contribution in [0.5, 0.6) is 0 Å². The van der Waals surface area contributed by atoms with Gasteiger partial charge in [0.1, 0.15) is 0 Å². The number of ether oxygens (including phenoxy) is 1. The molecule has 5 nitrogen and oxygen atoms in total. The van der Waals surface area contributed by atoms with Crippen LogP contribution in [0.25, 0.3) is 0 Å². The zero-order valence-electron chi connectivity index (χ0n) is 13.6. The molecule has 1 fully saturated rings. The highest BCUT2D eigenvalue weighted by molar-refractivity contribution is 7.90. The monoisotopic (exact) mass is 319 g/mol. The lowest BCUT2D eigenvalue weighted by Gasteiger charge is -2.30. The van der Waals surface area contributed by atoms with Crippen molar-refractivity contribution >= 4 is 16.0 Å². The number of carbonyl (C=O) groups excluding carboxylic acids is 1. The lowest BCUT2D eigenvalue weighted by atomic mass is 9.89. The summed E-state index contributed by atoms with van der Waals surface area (Å²) in [7, 11) is -2.17. The number of methoxy groups -OCH3 is 1. The maximum absolute atomic E-state index is 12.6. The van der Waals surface area contributed by atoms with Gasteiger partial charge in [-0.15, -0.1) is 0 Å². The smallest absolute Gasteiger partial charge is 0.310 e.